The third-order valence-corrected chi connectivity index (χ3v) is 5.96. The molecule has 1 amide bonds. The van der Waals surface area contributed by atoms with Gasteiger partial charge in [-0.15, -0.1) is 10.2 Å². The molecule has 0 spiro atoms. The zero-order valence-corrected chi connectivity index (χ0v) is 18.0. The number of carbonyl (C=O) groups excluding carboxylic acids is 1. The number of amides is 1. The van der Waals surface area contributed by atoms with E-state index < -0.39 is 0 Å². The van der Waals surface area contributed by atoms with Crippen molar-refractivity contribution in [1.82, 2.24) is 14.8 Å². The van der Waals surface area contributed by atoms with Gasteiger partial charge in [0, 0.05) is 23.4 Å². The molecule has 1 N–H and O–H groups in total. The van der Waals surface area contributed by atoms with Crippen molar-refractivity contribution in [1.29, 1.82) is 0 Å². The van der Waals surface area contributed by atoms with Gasteiger partial charge in [0.05, 0.1) is 19.5 Å². The normalized spacial score (nSPS) is 14.2. The summed E-state index contributed by atoms with van der Waals surface area (Å²) in [5.41, 5.74) is 1.66. The van der Waals surface area contributed by atoms with Crippen LogP contribution < -0.4 is 14.8 Å². The van der Waals surface area contributed by atoms with Crippen molar-refractivity contribution in [2.75, 3.05) is 19.5 Å². The summed E-state index contributed by atoms with van der Waals surface area (Å²) in [7, 11) is 3.14. The number of methoxy groups -OCH3 is 2. The second kappa shape index (κ2) is 8.79. The van der Waals surface area contributed by atoms with Crippen molar-refractivity contribution in [3.8, 4) is 17.2 Å². The highest BCUT2D eigenvalue weighted by atomic mass is 32.2. The van der Waals surface area contributed by atoms with Crippen LogP contribution in [0.5, 0.6) is 11.5 Å². The van der Waals surface area contributed by atoms with Gasteiger partial charge >= 0.3 is 0 Å². The molecule has 3 aromatic rings. The predicted octanol–water partition coefficient (Wildman–Crippen LogP) is 4.28. The molecule has 1 atom stereocenters. The lowest BCUT2D eigenvalue weighted by molar-refractivity contribution is -0.115. The monoisotopic (exact) mass is 424 g/mol. The molecule has 1 aliphatic carbocycles. The third-order valence-electron chi connectivity index (χ3n) is 4.92. The molecule has 1 aromatic heterocycles. The van der Waals surface area contributed by atoms with E-state index >= 15 is 0 Å². The van der Waals surface area contributed by atoms with E-state index in [0.29, 0.717) is 23.1 Å². The molecule has 156 valence electrons. The Bertz CT molecular complexity index is 1030. The molecule has 2 aromatic carbocycles. The van der Waals surface area contributed by atoms with E-state index in [2.05, 4.69) is 20.1 Å². The molecule has 4 rings (SSSR count). The second-order valence-corrected chi connectivity index (χ2v) is 8.41. The molecule has 7 nitrogen and oxygen atoms in total. The van der Waals surface area contributed by atoms with Crippen LogP contribution in [0.25, 0.3) is 5.69 Å². The van der Waals surface area contributed by atoms with Gasteiger partial charge in [-0.25, -0.2) is 0 Å². The van der Waals surface area contributed by atoms with E-state index in [9.17, 15) is 4.79 Å². The van der Waals surface area contributed by atoms with Crippen LogP contribution in [0.4, 0.5) is 5.69 Å². The van der Waals surface area contributed by atoms with E-state index in [1.54, 1.807) is 32.4 Å². The molecular weight excluding hydrogens is 400 g/mol. The number of aromatic nitrogens is 3. The number of hydrogen-bond donors (Lipinski definition) is 1. The summed E-state index contributed by atoms with van der Waals surface area (Å²) in [6.07, 6.45) is 2.26. The van der Waals surface area contributed by atoms with Gasteiger partial charge in [-0.2, -0.15) is 0 Å². The fourth-order valence-corrected chi connectivity index (χ4v) is 4.03. The topological polar surface area (TPSA) is 78.3 Å². The molecule has 8 heteroatoms. The number of ether oxygens (including phenoxy) is 2. The molecule has 0 aliphatic heterocycles. The van der Waals surface area contributed by atoms with Gasteiger partial charge in [-0.05, 0) is 44.0 Å². The Hall–Kier alpha value is -3.00. The summed E-state index contributed by atoms with van der Waals surface area (Å²) >= 11 is 1.40. The first-order valence-corrected chi connectivity index (χ1v) is 10.7. The Morgan fingerprint density at radius 3 is 2.50 bits per heavy atom. The van der Waals surface area contributed by atoms with Crippen LogP contribution in [0.3, 0.4) is 0 Å². The van der Waals surface area contributed by atoms with E-state index in [0.717, 1.165) is 29.5 Å². The average Bonchev–Trinajstić information content (AvgIpc) is 3.54. The number of thioether (sulfide) groups is 1. The maximum Gasteiger partial charge on any atom is 0.237 e. The van der Waals surface area contributed by atoms with Crippen LogP contribution >= 0.6 is 11.8 Å². The number of nitrogens with zero attached hydrogens (tertiary/aromatic N) is 3. The maximum absolute atomic E-state index is 12.8. The summed E-state index contributed by atoms with van der Waals surface area (Å²) in [5.74, 6) is 2.47. The molecule has 30 heavy (non-hydrogen) atoms. The predicted molar refractivity (Wildman–Crippen MR) is 117 cm³/mol. The summed E-state index contributed by atoms with van der Waals surface area (Å²) in [5, 5.41) is 12.1. The number of rotatable bonds is 8. The van der Waals surface area contributed by atoms with Gasteiger partial charge in [0.15, 0.2) is 16.7 Å². The number of benzene rings is 2. The minimum atomic E-state index is -0.364. The molecule has 1 fully saturated rings. The van der Waals surface area contributed by atoms with E-state index in [1.807, 2.05) is 37.3 Å². The van der Waals surface area contributed by atoms with E-state index in [-0.39, 0.29) is 11.2 Å². The first-order valence-electron chi connectivity index (χ1n) is 9.81. The standard InChI is InChI=1S/C22H24N4O3S/c1-14(21(27)23-16-11-12-18(28-2)19(13-16)29-3)30-22-25-24-20(15-9-10-15)26(22)17-7-5-4-6-8-17/h4-8,11-15H,9-10H2,1-3H3,(H,23,27). The van der Waals surface area contributed by atoms with Crippen LogP contribution in [0.2, 0.25) is 0 Å². The fraction of sp³-hybridized carbons (Fsp3) is 0.318. The van der Waals surface area contributed by atoms with Crippen LogP contribution in [0.15, 0.2) is 53.7 Å². The molecule has 1 unspecified atom stereocenters. The summed E-state index contributed by atoms with van der Waals surface area (Å²) in [4.78, 5) is 12.8. The van der Waals surface area contributed by atoms with Crippen LogP contribution in [0, 0.1) is 0 Å². The molecule has 1 heterocycles. The minimum absolute atomic E-state index is 0.122. The summed E-state index contributed by atoms with van der Waals surface area (Å²) < 4.78 is 12.6. The minimum Gasteiger partial charge on any atom is -0.493 e. The zero-order chi connectivity index (χ0) is 21.1. The van der Waals surface area contributed by atoms with Crippen molar-refractivity contribution in [2.45, 2.75) is 36.1 Å². The fourth-order valence-electron chi connectivity index (χ4n) is 3.15. The lowest BCUT2D eigenvalue weighted by atomic mass is 10.2. The van der Waals surface area contributed by atoms with Gasteiger partial charge in [0.25, 0.3) is 0 Å². The number of nitrogens with one attached hydrogen (secondary N) is 1. The SMILES string of the molecule is COc1ccc(NC(=O)C(C)Sc2nnc(C3CC3)n2-c2ccccc2)cc1OC. The van der Waals surface area contributed by atoms with E-state index in [4.69, 9.17) is 9.47 Å². The number of para-hydroxylation sites is 1. The number of anilines is 1. The van der Waals surface area contributed by atoms with Crippen LogP contribution in [0.1, 0.15) is 31.5 Å². The zero-order valence-electron chi connectivity index (χ0n) is 17.2. The second-order valence-electron chi connectivity index (χ2n) is 7.11. The number of hydrogen-bond acceptors (Lipinski definition) is 6. The Balaban J connectivity index is 1.51. The van der Waals surface area contributed by atoms with Gasteiger partial charge in [0.2, 0.25) is 5.91 Å². The smallest absolute Gasteiger partial charge is 0.237 e. The van der Waals surface area contributed by atoms with Crippen molar-refractivity contribution < 1.29 is 14.3 Å². The summed E-state index contributed by atoms with van der Waals surface area (Å²) in [6, 6.07) is 15.3. The average molecular weight is 425 g/mol. The third kappa shape index (κ3) is 4.28. The molecule has 0 bridgehead atoms. The maximum atomic E-state index is 12.8. The lowest BCUT2D eigenvalue weighted by Gasteiger charge is -2.15. The lowest BCUT2D eigenvalue weighted by Crippen LogP contribution is -2.23. The van der Waals surface area contributed by atoms with Crippen molar-refractivity contribution in [3.63, 3.8) is 0 Å². The molecule has 1 aliphatic rings. The molecule has 0 radical (unpaired) electrons. The molecular formula is C22H24N4O3S. The van der Waals surface area contributed by atoms with Crippen LogP contribution in [-0.4, -0.2) is 40.1 Å². The first kappa shape index (κ1) is 20.3. The van der Waals surface area contributed by atoms with Crippen molar-refractivity contribution in [3.05, 3.63) is 54.4 Å². The first-order chi connectivity index (χ1) is 14.6. The van der Waals surface area contributed by atoms with Crippen molar-refractivity contribution in [2.24, 2.45) is 0 Å². The summed E-state index contributed by atoms with van der Waals surface area (Å²) in [6.45, 7) is 1.86. The number of carbonyl (C=O) groups is 1. The largest absolute Gasteiger partial charge is 0.493 e. The molecule has 0 saturated heterocycles. The van der Waals surface area contributed by atoms with Crippen molar-refractivity contribution >= 4 is 23.4 Å². The Kier molecular flexibility index (Phi) is 5.94. The van der Waals surface area contributed by atoms with Gasteiger partial charge in [-0.3, -0.25) is 9.36 Å². The Morgan fingerprint density at radius 2 is 1.83 bits per heavy atom. The highest BCUT2D eigenvalue weighted by molar-refractivity contribution is 8.00. The quantitative estimate of drug-likeness (QED) is 0.544. The highest BCUT2D eigenvalue weighted by Crippen LogP contribution is 2.41. The van der Waals surface area contributed by atoms with E-state index in [1.165, 1.54) is 11.8 Å². The molecule has 1 saturated carbocycles. The Morgan fingerprint density at radius 1 is 1.10 bits per heavy atom. The van der Waals surface area contributed by atoms with Gasteiger partial charge in [-0.1, -0.05) is 30.0 Å². The highest BCUT2D eigenvalue weighted by Gasteiger charge is 2.31. The Labute approximate surface area is 179 Å². The van der Waals surface area contributed by atoms with Crippen LogP contribution in [-0.2, 0) is 4.79 Å². The van der Waals surface area contributed by atoms with Gasteiger partial charge in [0.1, 0.15) is 5.82 Å². The van der Waals surface area contributed by atoms with Gasteiger partial charge < -0.3 is 14.8 Å².